The summed E-state index contributed by atoms with van der Waals surface area (Å²) in [6.07, 6.45) is 14.6. The minimum absolute atomic E-state index is 0.0739. The van der Waals surface area contributed by atoms with Crippen LogP contribution < -0.4 is 0 Å². The lowest BCUT2D eigenvalue weighted by Crippen LogP contribution is -2.35. The largest absolute Gasteiger partial charge is 0.390 e. The summed E-state index contributed by atoms with van der Waals surface area (Å²) in [5.74, 6) is 3.80. The topological polar surface area (TPSA) is 29.5 Å². The highest BCUT2D eigenvalue weighted by atomic mass is 16.5. The van der Waals surface area contributed by atoms with Gasteiger partial charge in [-0.15, -0.1) is 0 Å². The molecule has 0 aliphatic heterocycles. The Morgan fingerprint density at radius 1 is 0.862 bits per heavy atom. The maximum absolute atomic E-state index is 10.4. The molecular weight excluding hydrogens is 356 g/mol. The Kier molecular flexibility index (Phi) is 11.8. The molecule has 0 bridgehead atoms. The van der Waals surface area contributed by atoms with Gasteiger partial charge in [0.05, 0.1) is 17.8 Å². The SMILES string of the molecule is CC(C)CCCC(C)CCC1CCC(CC(C)(C)OCCC(C)(O)C(C)C)CC1. The van der Waals surface area contributed by atoms with E-state index in [0.29, 0.717) is 6.61 Å². The standard InChI is InChI=1S/C27H54O2/c1-21(2)10-9-11-23(5)12-13-24-14-16-25(17-15-24)20-26(6,7)29-19-18-27(8,28)22(3)4/h21-25,28H,9-20H2,1-8H3. The average Bonchev–Trinajstić information content (AvgIpc) is 2.60. The summed E-state index contributed by atoms with van der Waals surface area (Å²) >= 11 is 0. The fourth-order valence-electron chi connectivity index (χ4n) is 4.84. The first-order chi connectivity index (χ1) is 13.4. The molecule has 0 radical (unpaired) electrons. The van der Waals surface area contributed by atoms with Crippen molar-refractivity contribution in [1.82, 2.24) is 0 Å². The van der Waals surface area contributed by atoms with E-state index in [4.69, 9.17) is 4.74 Å². The highest BCUT2D eigenvalue weighted by Gasteiger charge is 2.30. The van der Waals surface area contributed by atoms with Crippen molar-refractivity contribution in [2.75, 3.05) is 6.61 Å². The van der Waals surface area contributed by atoms with Gasteiger partial charge in [0.25, 0.3) is 0 Å². The lowest BCUT2D eigenvalue weighted by atomic mass is 9.75. The van der Waals surface area contributed by atoms with Crippen molar-refractivity contribution in [2.45, 2.75) is 137 Å². The lowest BCUT2D eigenvalue weighted by Gasteiger charge is -2.36. The van der Waals surface area contributed by atoms with Crippen LogP contribution in [0.2, 0.25) is 0 Å². The molecule has 2 heteroatoms. The summed E-state index contributed by atoms with van der Waals surface area (Å²) in [6.45, 7) is 18.4. The van der Waals surface area contributed by atoms with E-state index >= 15 is 0 Å². The summed E-state index contributed by atoms with van der Waals surface area (Å²) in [6, 6.07) is 0. The number of rotatable bonds is 14. The maximum Gasteiger partial charge on any atom is 0.0664 e. The highest BCUT2D eigenvalue weighted by Crippen LogP contribution is 2.37. The van der Waals surface area contributed by atoms with Crippen LogP contribution in [0.25, 0.3) is 0 Å². The summed E-state index contributed by atoms with van der Waals surface area (Å²) in [4.78, 5) is 0. The van der Waals surface area contributed by atoms with Crippen LogP contribution in [0.1, 0.15) is 126 Å². The van der Waals surface area contributed by atoms with Crippen molar-refractivity contribution in [1.29, 1.82) is 0 Å². The molecule has 1 aliphatic rings. The zero-order valence-electron chi connectivity index (χ0n) is 21.2. The van der Waals surface area contributed by atoms with Gasteiger partial charge in [0.1, 0.15) is 0 Å². The fraction of sp³-hybridized carbons (Fsp3) is 1.00. The molecule has 2 nitrogen and oxygen atoms in total. The molecule has 1 saturated carbocycles. The Morgan fingerprint density at radius 2 is 1.45 bits per heavy atom. The van der Waals surface area contributed by atoms with Crippen molar-refractivity contribution in [3.05, 3.63) is 0 Å². The summed E-state index contributed by atoms with van der Waals surface area (Å²) in [7, 11) is 0. The molecule has 0 heterocycles. The number of ether oxygens (including phenoxy) is 1. The Bertz CT molecular complexity index is 416. The second kappa shape index (κ2) is 12.7. The molecule has 0 amide bonds. The molecule has 0 aromatic rings. The van der Waals surface area contributed by atoms with Gasteiger partial charge in [-0.2, -0.15) is 0 Å². The molecule has 0 saturated heterocycles. The average molecular weight is 411 g/mol. The molecule has 0 spiro atoms. The normalized spacial score (nSPS) is 24.1. The molecule has 174 valence electrons. The summed E-state index contributed by atoms with van der Waals surface area (Å²) in [5.41, 5.74) is -0.699. The maximum atomic E-state index is 10.4. The van der Waals surface area contributed by atoms with Gasteiger partial charge in [0.2, 0.25) is 0 Å². The molecule has 0 aromatic heterocycles. The van der Waals surface area contributed by atoms with E-state index in [-0.39, 0.29) is 11.5 Å². The van der Waals surface area contributed by atoms with Crippen molar-refractivity contribution < 1.29 is 9.84 Å². The molecule has 1 aliphatic carbocycles. The van der Waals surface area contributed by atoms with E-state index in [1.165, 1.54) is 57.8 Å². The summed E-state index contributed by atoms with van der Waals surface area (Å²) < 4.78 is 6.22. The Morgan fingerprint density at radius 3 is 2.00 bits per heavy atom. The quantitative estimate of drug-likeness (QED) is 0.314. The Hall–Kier alpha value is -0.0800. The van der Waals surface area contributed by atoms with E-state index in [1.807, 2.05) is 6.92 Å². The number of hydrogen-bond acceptors (Lipinski definition) is 2. The van der Waals surface area contributed by atoms with E-state index in [2.05, 4.69) is 48.5 Å². The van der Waals surface area contributed by atoms with Crippen LogP contribution >= 0.6 is 0 Å². The van der Waals surface area contributed by atoms with Gasteiger partial charge in [-0.05, 0) is 63.2 Å². The molecule has 2 unspecified atom stereocenters. The van der Waals surface area contributed by atoms with Crippen molar-refractivity contribution in [3.8, 4) is 0 Å². The smallest absolute Gasteiger partial charge is 0.0664 e. The van der Waals surface area contributed by atoms with Crippen LogP contribution in [0.4, 0.5) is 0 Å². The van der Waals surface area contributed by atoms with Crippen LogP contribution in [0.5, 0.6) is 0 Å². The third-order valence-electron chi connectivity index (χ3n) is 7.64. The van der Waals surface area contributed by atoms with Gasteiger partial charge in [-0.25, -0.2) is 0 Å². The van der Waals surface area contributed by atoms with Crippen molar-refractivity contribution >= 4 is 0 Å². The number of hydrogen-bond donors (Lipinski definition) is 1. The molecule has 0 aromatic carbocycles. The minimum Gasteiger partial charge on any atom is -0.390 e. The van der Waals surface area contributed by atoms with Crippen LogP contribution in [-0.4, -0.2) is 22.9 Å². The van der Waals surface area contributed by atoms with Gasteiger partial charge < -0.3 is 9.84 Å². The Balaban J connectivity index is 2.21. The molecule has 2 atom stereocenters. The first-order valence-electron chi connectivity index (χ1n) is 12.8. The Labute approximate surface area is 183 Å². The monoisotopic (exact) mass is 410 g/mol. The van der Waals surface area contributed by atoms with Crippen LogP contribution in [0, 0.1) is 29.6 Å². The highest BCUT2D eigenvalue weighted by molar-refractivity contribution is 4.81. The molecular formula is C27H54O2. The third-order valence-corrected chi connectivity index (χ3v) is 7.64. The first kappa shape index (κ1) is 27.0. The van der Waals surface area contributed by atoms with E-state index in [9.17, 15) is 5.11 Å². The molecule has 29 heavy (non-hydrogen) atoms. The van der Waals surface area contributed by atoms with E-state index < -0.39 is 5.60 Å². The number of aliphatic hydroxyl groups is 1. The second-order valence-corrected chi connectivity index (χ2v) is 12.0. The lowest BCUT2D eigenvalue weighted by molar-refractivity contribution is -0.0750. The predicted octanol–water partition coefficient (Wildman–Crippen LogP) is 8.02. The first-order valence-corrected chi connectivity index (χ1v) is 12.8. The molecule has 1 N–H and O–H groups in total. The van der Waals surface area contributed by atoms with E-state index in [1.54, 1.807) is 0 Å². The zero-order chi connectivity index (χ0) is 22.1. The fourth-order valence-corrected chi connectivity index (χ4v) is 4.84. The van der Waals surface area contributed by atoms with Crippen molar-refractivity contribution in [3.63, 3.8) is 0 Å². The molecule has 1 fully saturated rings. The third kappa shape index (κ3) is 11.8. The van der Waals surface area contributed by atoms with Gasteiger partial charge in [-0.1, -0.05) is 92.4 Å². The zero-order valence-corrected chi connectivity index (χ0v) is 21.2. The molecule has 1 rings (SSSR count). The van der Waals surface area contributed by atoms with Crippen LogP contribution in [0.15, 0.2) is 0 Å². The van der Waals surface area contributed by atoms with Crippen molar-refractivity contribution in [2.24, 2.45) is 29.6 Å². The van der Waals surface area contributed by atoms with Gasteiger partial charge in [0.15, 0.2) is 0 Å². The minimum atomic E-state index is -0.625. The summed E-state index contributed by atoms with van der Waals surface area (Å²) in [5, 5.41) is 10.4. The van der Waals surface area contributed by atoms with E-state index in [0.717, 1.165) is 36.5 Å². The van der Waals surface area contributed by atoms with Gasteiger partial charge in [-0.3, -0.25) is 0 Å². The van der Waals surface area contributed by atoms with Crippen LogP contribution in [-0.2, 0) is 4.74 Å². The second-order valence-electron chi connectivity index (χ2n) is 12.0. The van der Waals surface area contributed by atoms with Gasteiger partial charge >= 0.3 is 0 Å². The van der Waals surface area contributed by atoms with Crippen LogP contribution in [0.3, 0.4) is 0 Å². The van der Waals surface area contributed by atoms with Gasteiger partial charge in [0, 0.05) is 0 Å². The predicted molar refractivity (Wildman–Crippen MR) is 127 cm³/mol.